The minimum absolute atomic E-state index is 0.0914. The van der Waals surface area contributed by atoms with E-state index in [1.807, 2.05) is 59.5 Å². The van der Waals surface area contributed by atoms with Gasteiger partial charge in [0.05, 0.1) is 0 Å². The molecule has 0 atom stereocenters. The second-order valence-electron chi connectivity index (χ2n) is 7.42. The van der Waals surface area contributed by atoms with Crippen molar-refractivity contribution >= 4 is 11.9 Å². The van der Waals surface area contributed by atoms with Crippen molar-refractivity contribution in [1.82, 2.24) is 4.90 Å². The van der Waals surface area contributed by atoms with Gasteiger partial charge in [0, 0.05) is 18.7 Å². The highest BCUT2D eigenvalue weighted by atomic mass is 16.5. The van der Waals surface area contributed by atoms with Crippen LogP contribution in [0.4, 0.5) is 0 Å². The molecule has 0 unspecified atom stereocenters. The smallest absolute Gasteiger partial charge is 0.347 e. The minimum Gasteiger partial charge on any atom is -0.478 e. The van der Waals surface area contributed by atoms with Gasteiger partial charge in [-0.15, -0.1) is 0 Å². The zero-order valence-electron chi connectivity index (χ0n) is 15.7. The fourth-order valence-corrected chi connectivity index (χ4v) is 3.33. The lowest BCUT2D eigenvalue weighted by molar-refractivity contribution is -0.152. The largest absolute Gasteiger partial charge is 0.478 e. The van der Waals surface area contributed by atoms with Crippen molar-refractivity contribution in [3.05, 3.63) is 65.7 Å². The van der Waals surface area contributed by atoms with Crippen LogP contribution in [0.15, 0.2) is 54.6 Å². The number of likely N-dealkylation sites (tertiary alicyclic amines) is 1. The van der Waals surface area contributed by atoms with E-state index in [1.54, 1.807) is 0 Å². The molecule has 1 aliphatic heterocycles. The highest BCUT2D eigenvalue weighted by molar-refractivity contribution is 5.94. The van der Waals surface area contributed by atoms with Gasteiger partial charge < -0.3 is 14.7 Å². The lowest BCUT2D eigenvalue weighted by atomic mass is 9.89. The first-order chi connectivity index (χ1) is 12.9. The van der Waals surface area contributed by atoms with E-state index in [0.717, 1.165) is 31.5 Å². The van der Waals surface area contributed by atoms with Gasteiger partial charge in [-0.05, 0) is 62.4 Å². The maximum Gasteiger partial charge on any atom is 0.347 e. The number of carboxylic acid groups (broad SMARTS) is 1. The number of nitrogens with zero attached hydrogens (tertiary/aromatic N) is 1. The second kappa shape index (κ2) is 7.82. The number of rotatable bonds is 5. The SMILES string of the molecule is CC(C)(Oc1ccc(C2CCN(C(=O)c3ccccc3)CC2)cc1)C(=O)O. The van der Waals surface area contributed by atoms with Crippen molar-refractivity contribution in [3.63, 3.8) is 0 Å². The van der Waals surface area contributed by atoms with Crippen molar-refractivity contribution < 1.29 is 19.4 Å². The van der Waals surface area contributed by atoms with E-state index in [-0.39, 0.29) is 5.91 Å². The summed E-state index contributed by atoms with van der Waals surface area (Å²) in [5.41, 5.74) is 0.672. The summed E-state index contributed by atoms with van der Waals surface area (Å²) in [6.07, 6.45) is 1.83. The molecule has 0 saturated carbocycles. The number of aliphatic carboxylic acids is 1. The lowest BCUT2D eigenvalue weighted by Crippen LogP contribution is -2.38. The molecule has 1 aliphatic rings. The van der Waals surface area contributed by atoms with E-state index in [2.05, 4.69) is 0 Å². The maximum absolute atomic E-state index is 12.5. The first-order valence-corrected chi connectivity index (χ1v) is 9.23. The van der Waals surface area contributed by atoms with Gasteiger partial charge in [0.25, 0.3) is 5.91 Å². The van der Waals surface area contributed by atoms with Crippen molar-refractivity contribution in [1.29, 1.82) is 0 Å². The van der Waals surface area contributed by atoms with Crippen LogP contribution in [0.3, 0.4) is 0 Å². The number of carbonyl (C=O) groups is 2. The van der Waals surface area contributed by atoms with Crippen LogP contribution >= 0.6 is 0 Å². The van der Waals surface area contributed by atoms with Gasteiger partial charge in [0.2, 0.25) is 0 Å². The van der Waals surface area contributed by atoms with Crippen LogP contribution in [-0.4, -0.2) is 40.6 Å². The zero-order valence-corrected chi connectivity index (χ0v) is 15.7. The normalized spacial score (nSPS) is 15.4. The van der Waals surface area contributed by atoms with Crippen molar-refractivity contribution in [2.24, 2.45) is 0 Å². The number of amides is 1. The number of benzene rings is 2. The standard InChI is InChI=1S/C22H25NO4/c1-22(2,21(25)26)27-19-10-8-16(9-11-19)17-12-14-23(15-13-17)20(24)18-6-4-3-5-7-18/h3-11,17H,12-15H2,1-2H3,(H,25,26). The Morgan fingerprint density at radius 1 is 1.00 bits per heavy atom. The summed E-state index contributed by atoms with van der Waals surface area (Å²) in [5.74, 6) is 0.0323. The summed E-state index contributed by atoms with van der Waals surface area (Å²) in [4.78, 5) is 25.6. The Labute approximate surface area is 159 Å². The molecule has 5 nitrogen and oxygen atoms in total. The van der Waals surface area contributed by atoms with Crippen LogP contribution in [-0.2, 0) is 4.79 Å². The van der Waals surface area contributed by atoms with E-state index in [9.17, 15) is 9.59 Å². The van der Waals surface area contributed by atoms with Crippen LogP contribution in [0.25, 0.3) is 0 Å². The maximum atomic E-state index is 12.5. The van der Waals surface area contributed by atoms with Crippen LogP contribution in [0.2, 0.25) is 0 Å². The summed E-state index contributed by atoms with van der Waals surface area (Å²) in [5, 5.41) is 9.16. The first kappa shape index (κ1) is 19.0. The highest BCUT2D eigenvalue weighted by Gasteiger charge is 2.29. The molecule has 1 fully saturated rings. The molecule has 1 saturated heterocycles. The Kier molecular flexibility index (Phi) is 5.49. The van der Waals surface area contributed by atoms with Crippen LogP contribution < -0.4 is 4.74 Å². The summed E-state index contributed by atoms with van der Waals surface area (Å²) < 4.78 is 5.55. The first-order valence-electron chi connectivity index (χ1n) is 9.23. The number of ether oxygens (including phenoxy) is 1. The molecule has 0 bridgehead atoms. The molecule has 0 aliphatic carbocycles. The zero-order chi connectivity index (χ0) is 19.4. The molecule has 142 valence electrons. The second-order valence-corrected chi connectivity index (χ2v) is 7.42. The average molecular weight is 367 g/mol. The third-order valence-corrected chi connectivity index (χ3v) is 5.04. The Balaban J connectivity index is 1.58. The van der Waals surface area contributed by atoms with Gasteiger partial charge >= 0.3 is 5.97 Å². The molecular weight excluding hydrogens is 342 g/mol. The van der Waals surface area contributed by atoms with Gasteiger partial charge in [-0.25, -0.2) is 4.79 Å². The van der Waals surface area contributed by atoms with Gasteiger partial charge in [-0.2, -0.15) is 0 Å². The third kappa shape index (κ3) is 4.48. The third-order valence-electron chi connectivity index (χ3n) is 5.04. The van der Waals surface area contributed by atoms with Gasteiger partial charge in [-0.1, -0.05) is 30.3 Å². The van der Waals surface area contributed by atoms with E-state index in [1.165, 1.54) is 19.4 Å². The van der Waals surface area contributed by atoms with Crippen LogP contribution in [0.5, 0.6) is 5.75 Å². The Morgan fingerprint density at radius 2 is 1.59 bits per heavy atom. The molecule has 0 aromatic heterocycles. The number of hydrogen-bond acceptors (Lipinski definition) is 3. The van der Waals surface area contributed by atoms with Gasteiger partial charge in [0.1, 0.15) is 5.75 Å². The summed E-state index contributed by atoms with van der Waals surface area (Å²) >= 11 is 0. The topological polar surface area (TPSA) is 66.8 Å². The number of piperidine rings is 1. The molecule has 27 heavy (non-hydrogen) atoms. The van der Waals surface area contributed by atoms with E-state index in [4.69, 9.17) is 9.84 Å². The Hall–Kier alpha value is -2.82. The minimum atomic E-state index is -1.26. The molecule has 3 rings (SSSR count). The average Bonchev–Trinajstić information content (AvgIpc) is 2.68. The number of carboxylic acids is 1. The summed E-state index contributed by atoms with van der Waals surface area (Å²) in [7, 11) is 0. The lowest BCUT2D eigenvalue weighted by Gasteiger charge is -2.32. The monoisotopic (exact) mass is 367 g/mol. The molecule has 0 spiro atoms. The fourth-order valence-electron chi connectivity index (χ4n) is 3.33. The highest BCUT2D eigenvalue weighted by Crippen LogP contribution is 2.30. The molecule has 2 aromatic rings. The van der Waals surface area contributed by atoms with E-state index < -0.39 is 11.6 Å². The molecule has 1 N–H and O–H groups in total. The van der Waals surface area contributed by atoms with Crippen LogP contribution in [0, 0.1) is 0 Å². The van der Waals surface area contributed by atoms with Crippen molar-refractivity contribution in [2.45, 2.75) is 38.2 Å². The molecule has 5 heteroatoms. The molecule has 1 heterocycles. The molecule has 0 radical (unpaired) electrons. The predicted molar refractivity (Wildman–Crippen MR) is 103 cm³/mol. The van der Waals surface area contributed by atoms with Crippen molar-refractivity contribution in [2.75, 3.05) is 13.1 Å². The van der Waals surface area contributed by atoms with E-state index >= 15 is 0 Å². The molecule has 2 aromatic carbocycles. The molecule has 1 amide bonds. The quantitative estimate of drug-likeness (QED) is 0.869. The van der Waals surface area contributed by atoms with Gasteiger partial charge in [0.15, 0.2) is 5.60 Å². The fraction of sp³-hybridized carbons (Fsp3) is 0.364. The molecular formula is C22H25NO4. The van der Waals surface area contributed by atoms with Crippen molar-refractivity contribution in [3.8, 4) is 5.75 Å². The Morgan fingerprint density at radius 3 is 2.15 bits per heavy atom. The summed E-state index contributed by atoms with van der Waals surface area (Å²) in [6, 6.07) is 17.0. The van der Waals surface area contributed by atoms with Gasteiger partial charge in [-0.3, -0.25) is 4.79 Å². The number of hydrogen-bond donors (Lipinski definition) is 1. The van der Waals surface area contributed by atoms with Crippen LogP contribution in [0.1, 0.15) is 48.5 Å². The predicted octanol–water partition coefficient (Wildman–Crippen LogP) is 3.95. The summed E-state index contributed by atoms with van der Waals surface area (Å²) in [6.45, 7) is 4.54. The van der Waals surface area contributed by atoms with E-state index in [0.29, 0.717) is 11.7 Å². The number of carbonyl (C=O) groups excluding carboxylic acids is 1. The Bertz CT molecular complexity index is 791.